The predicted octanol–water partition coefficient (Wildman–Crippen LogP) is 2.51. The van der Waals surface area contributed by atoms with E-state index in [1.807, 2.05) is 35.0 Å². The smallest absolute Gasteiger partial charge is 0.261 e. The lowest BCUT2D eigenvalue weighted by molar-refractivity contribution is 0.198. The molecule has 6 nitrogen and oxygen atoms in total. The number of imidazole rings is 1. The van der Waals surface area contributed by atoms with Crippen molar-refractivity contribution in [2.45, 2.75) is 13.0 Å². The molecule has 0 spiro atoms. The van der Waals surface area contributed by atoms with Gasteiger partial charge in [0.2, 0.25) is 0 Å². The first-order valence-electron chi connectivity index (χ1n) is 8.63. The van der Waals surface area contributed by atoms with Crippen LogP contribution in [0.15, 0.2) is 53.7 Å². The predicted molar refractivity (Wildman–Crippen MR) is 98.6 cm³/mol. The molecule has 26 heavy (non-hydrogen) atoms. The van der Waals surface area contributed by atoms with Gasteiger partial charge in [0.25, 0.3) is 5.56 Å². The summed E-state index contributed by atoms with van der Waals surface area (Å²) in [4.78, 5) is 16.8. The Hall–Kier alpha value is -3.02. The van der Waals surface area contributed by atoms with E-state index in [2.05, 4.69) is 11.1 Å². The summed E-state index contributed by atoms with van der Waals surface area (Å²) >= 11 is 0. The Bertz CT molecular complexity index is 990. The molecule has 134 valence electrons. The van der Waals surface area contributed by atoms with Gasteiger partial charge in [-0.1, -0.05) is 12.1 Å². The fraction of sp³-hybridized carbons (Fsp3) is 0.300. The molecule has 1 atom stereocenters. The molecule has 4 rings (SSSR count). The summed E-state index contributed by atoms with van der Waals surface area (Å²) in [5, 5.41) is 0. The van der Waals surface area contributed by atoms with Crippen LogP contribution in [0.2, 0.25) is 0 Å². The molecule has 0 saturated heterocycles. The molecule has 0 aliphatic carbocycles. The third-order valence-corrected chi connectivity index (χ3v) is 4.79. The number of benzene rings is 1. The average molecular weight is 351 g/mol. The molecule has 0 bridgehead atoms. The first-order chi connectivity index (χ1) is 12.7. The van der Waals surface area contributed by atoms with E-state index < -0.39 is 0 Å². The molecular weight excluding hydrogens is 330 g/mol. The summed E-state index contributed by atoms with van der Waals surface area (Å²) < 4.78 is 15.0. The van der Waals surface area contributed by atoms with Gasteiger partial charge in [0.05, 0.1) is 19.3 Å². The Kier molecular flexibility index (Phi) is 4.24. The summed E-state index contributed by atoms with van der Waals surface area (Å²) in [6, 6.07) is 9.66. The van der Waals surface area contributed by atoms with E-state index in [-0.39, 0.29) is 5.56 Å². The first-order valence-corrected chi connectivity index (χ1v) is 8.63. The van der Waals surface area contributed by atoms with Gasteiger partial charge >= 0.3 is 0 Å². The van der Waals surface area contributed by atoms with Crippen molar-refractivity contribution < 1.29 is 9.47 Å². The van der Waals surface area contributed by atoms with Crippen molar-refractivity contribution >= 4 is 0 Å². The first kappa shape index (κ1) is 16.4. The number of para-hydroxylation sites is 1. The SMILES string of the molecule is COc1cccc2c1OCC(Cn1ccnc1-c1cccn(C)c1=O)C2. The zero-order valence-corrected chi connectivity index (χ0v) is 14.9. The molecule has 3 aromatic rings. The van der Waals surface area contributed by atoms with Crippen molar-refractivity contribution in [1.29, 1.82) is 0 Å². The minimum Gasteiger partial charge on any atom is -0.493 e. The molecule has 0 N–H and O–H groups in total. The van der Waals surface area contributed by atoms with E-state index in [9.17, 15) is 4.79 Å². The van der Waals surface area contributed by atoms with Crippen molar-refractivity contribution in [2.75, 3.05) is 13.7 Å². The van der Waals surface area contributed by atoms with Crippen molar-refractivity contribution in [3.8, 4) is 22.9 Å². The highest BCUT2D eigenvalue weighted by atomic mass is 16.5. The zero-order valence-electron chi connectivity index (χ0n) is 14.9. The van der Waals surface area contributed by atoms with Gasteiger partial charge in [0.15, 0.2) is 11.5 Å². The van der Waals surface area contributed by atoms with Crippen LogP contribution >= 0.6 is 0 Å². The lowest BCUT2D eigenvalue weighted by atomic mass is 9.96. The summed E-state index contributed by atoms with van der Waals surface area (Å²) in [5.41, 5.74) is 1.71. The number of hydrogen-bond acceptors (Lipinski definition) is 4. The topological polar surface area (TPSA) is 58.3 Å². The van der Waals surface area contributed by atoms with Crippen LogP contribution in [0.4, 0.5) is 0 Å². The summed E-state index contributed by atoms with van der Waals surface area (Å²) in [5.74, 6) is 2.61. The minimum atomic E-state index is -0.0464. The second-order valence-corrected chi connectivity index (χ2v) is 6.57. The van der Waals surface area contributed by atoms with Gasteiger partial charge < -0.3 is 18.6 Å². The summed E-state index contributed by atoms with van der Waals surface area (Å²) in [7, 11) is 3.40. The molecule has 1 aliphatic heterocycles. The average Bonchev–Trinajstić information content (AvgIpc) is 3.11. The molecule has 0 amide bonds. The maximum Gasteiger partial charge on any atom is 0.261 e. The van der Waals surface area contributed by atoms with Crippen LogP contribution in [0.3, 0.4) is 0 Å². The number of rotatable bonds is 4. The number of fused-ring (bicyclic) bond motifs is 1. The standard InChI is InChI=1S/C20H21N3O3/c1-22-9-4-6-16(20(22)24)19-21-8-10-23(19)12-14-11-15-5-3-7-17(25-2)18(15)26-13-14/h3-10,14H,11-13H2,1-2H3. The molecule has 3 heterocycles. The normalized spacial score (nSPS) is 16.0. The number of ether oxygens (including phenoxy) is 2. The van der Waals surface area contributed by atoms with E-state index in [1.54, 1.807) is 31.1 Å². The van der Waals surface area contributed by atoms with Crippen LogP contribution in [-0.2, 0) is 20.0 Å². The van der Waals surface area contributed by atoms with Crippen LogP contribution in [-0.4, -0.2) is 27.8 Å². The summed E-state index contributed by atoms with van der Waals surface area (Å²) in [6.45, 7) is 1.35. The number of aromatic nitrogens is 3. The molecule has 1 aromatic carbocycles. The van der Waals surface area contributed by atoms with E-state index >= 15 is 0 Å². The van der Waals surface area contributed by atoms with Gasteiger partial charge in [-0.25, -0.2) is 4.98 Å². The second-order valence-electron chi connectivity index (χ2n) is 6.57. The molecule has 1 aliphatic rings. The molecule has 6 heteroatoms. The van der Waals surface area contributed by atoms with Crippen LogP contribution in [0.1, 0.15) is 5.56 Å². The highest BCUT2D eigenvalue weighted by Crippen LogP contribution is 2.36. The molecule has 2 aromatic heterocycles. The maximum absolute atomic E-state index is 12.4. The van der Waals surface area contributed by atoms with E-state index in [0.717, 1.165) is 30.0 Å². The van der Waals surface area contributed by atoms with E-state index in [1.165, 1.54) is 0 Å². The third-order valence-electron chi connectivity index (χ3n) is 4.79. The van der Waals surface area contributed by atoms with Gasteiger partial charge in [-0.05, 0) is 30.2 Å². The molecule has 0 radical (unpaired) electrons. The minimum absolute atomic E-state index is 0.0464. The Morgan fingerprint density at radius 3 is 3.00 bits per heavy atom. The Morgan fingerprint density at radius 2 is 2.15 bits per heavy atom. The number of hydrogen-bond donors (Lipinski definition) is 0. The highest BCUT2D eigenvalue weighted by molar-refractivity contribution is 5.54. The quantitative estimate of drug-likeness (QED) is 0.725. The second kappa shape index (κ2) is 6.71. The monoisotopic (exact) mass is 351 g/mol. The number of methoxy groups -OCH3 is 1. The fourth-order valence-electron chi connectivity index (χ4n) is 3.48. The number of aryl methyl sites for hydroxylation is 1. The number of pyridine rings is 1. The van der Waals surface area contributed by atoms with Crippen molar-refractivity contribution in [1.82, 2.24) is 14.1 Å². The van der Waals surface area contributed by atoms with Crippen LogP contribution < -0.4 is 15.0 Å². The van der Waals surface area contributed by atoms with Gasteiger partial charge in [0.1, 0.15) is 5.82 Å². The van der Waals surface area contributed by atoms with E-state index in [0.29, 0.717) is 23.9 Å². The zero-order chi connectivity index (χ0) is 18.1. The van der Waals surface area contributed by atoms with Crippen molar-refractivity contribution in [3.05, 3.63) is 64.8 Å². The van der Waals surface area contributed by atoms with Gasteiger partial charge in [-0.15, -0.1) is 0 Å². The highest BCUT2D eigenvalue weighted by Gasteiger charge is 2.24. The summed E-state index contributed by atoms with van der Waals surface area (Å²) in [6.07, 6.45) is 6.31. The largest absolute Gasteiger partial charge is 0.493 e. The van der Waals surface area contributed by atoms with Crippen LogP contribution in [0.25, 0.3) is 11.4 Å². The van der Waals surface area contributed by atoms with Crippen molar-refractivity contribution in [2.24, 2.45) is 13.0 Å². The molecule has 1 unspecified atom stereocenters. The van der Waals surface area contributed by atoms with E-state index in [4.69, 9.17) is 9.47 Å². The number of nitrogens with zero attached hydrogens (tertiary/aromatic N) is 3. The van der Waals surface area contributed by atoms with Crippen LogP contribution in [0.5, 0.6) is 11.5 Å². The Balaban J connectivity index is 1.59. The lowest BCUT2D eigenvalue weighted by Crippen LogP contribution is -2.26. The Morgan fingerprint density at radius 1 is 1.27 bits per heavy atom. The maximum atomic E-state index is 12.4. The molecule has 0 saturated carbocycles. The third kappa shape index (κ3) is 2.87. The van der Waals surface area contributed by atoms with Crippen molar-refractivity contribution in [3.63, 3.8) is 0 Å². The Labute approximate surface area is 151 Å². The van der Waals surface area contributed by atoms with Crippen LogP contribution in [0, 0.1) is 5.92 Å². The lowest BCUT2D eigenvalue weighted by Gasteiger charge is -2.27. The fourth-order valence-corrected chi connectivity index (χ4v) is 3.48. The molecule has 0 fully saturated rings. The van der Waals surface area contributed by atoms with Gasteiger partial charge in [-0.3, -0.25) is 4.79 Å². The van der Waals surface area contributed by atoms with Gasteiger partial charge in [-0.2, -0.15) is 0 Å². The van der Waals surface area contributed by atoms with Gasteiger partial charge in [0, 0.05) is 38.1 Å². The molecular formula is C20H21N3O3.